The first-order chi connectivity index (χ1) is 11.8. The molecule has 3 rings (SSSR count). The molecule has 0 atom stereocenters. The molecule has 0 bridgehead atoms. The molecule has 1 aromatic carbocycles. The molecule has 1 amide bonds. The van der Waals surface area contributed by atoms with Crippen molar-refractivity contribution < 1.29 is 22.7 Å². The number of rotatable bonds is 4. The van der Waals surface area contributed by atoms with Crippen molar-refractivity contribution >= 4 is 27.5 Å². The first-order valence-electron chi connectivity index (χ1n) is 8.00. The molecule has 1 saturated carbocycles. The van der Waals surface area contributed by atoms with Gasteiger partial charge in [-0.25, -0.2) is 5.43 Å². The van der Waals surface area contributed by atoms with Gasteiger partial charge in [-0.1, -0.05) is 24.2 Å². The Hall–Kier alpha value is -2.03. The van der Waals surface area contributed by atoms with Gasteiger partial charge >= 0.3 is 6.36 Å². The van der Waals surface area contributed by atoms with Gasteiger partial charge in [0.05, 0.1) is 10.2 Å². The standard InChI is InChI=1S/C16H18F3N3O2S/c1-22-12-7-6-11(24-16(17,18)19)9-13(12)25-15(22)21-20-14(23)8-10-4-2-3-5-10/h6-7,9-10H,2-5,8H2,1H3,(H,20,23)/b21-15-. The quantitative estimate of drug-likeness (QED) is 0.832. The van der Waals surface area contributed by atoms with Crippen molar-refractivity contribution in [1.82, 2.24) is 9.99 Å². The molecule has 0 unspecified atom stereocenters. The number of aryl methyl sites for hydroxylation is 1. The monoisotopic (exact) mass is 373 g/mol. The lowest BCUT2D eigenvalue weighted by molar-refractivity contribution is -0.274. The predicted molar refractivity (Wildman–Crippen MR) is 87.8 cm³/mol. The predicted octanol–water partition coefficient (Wildman–Crippen LogP) is 3.65. The van der Waals surface area contributed by atoms with Crippen molar-refractivity contribution in [2.45, 2.75) is 38.5 Å². The molecule has 1 N–H and O–H groups in total. The average molecular weight is 373 g/mol. The van der Waals surface area contributed by atoms with Gasteiger partial charge in [0.2, 0.25) is 10.7 Å². The van der Waals surface area contributed by atoms with Gasteiger partial charge in [0.25, 0.3) is 0 Å². The molecule has 1 fully saturated rings. The van der Waals surface area contributed by atoms with Crippen LogP contribution in [0.3, 0.4) is 0 Å². The topological polar surface area (TPSA) is 55.6 Å². The summed E-state index contributed by atoms with van der Waals surface area (Å²) in [6.45, 7) is 0. The highest BCUT2D eigenvalue weighted by Crippen LogP contribution is 2.28. The van der Waals surface area contributed by atoms with Gasteiger partial charge < -0.3 is 9.30 Å². The molecule has 136 valence electrons. The van der Waals surface area contributed by atoms with Gasteiger partial charge in [-0.05, 0) is 37.0 Å². The van der Waals surface area contributed by atoms with Crippen molar-refractivity contribution in [3.05, 3.63) is 23.0 Å². The van der Waals surface area contributed by atoms with E-state index in [1.54, 1.807) is 11.6 Å². The number of benzene rings is 1. The molecule has 0 radical (unpaired) electrons. The van der Waals surface area contributed by atoms with Crippen LogP contribution >= 0.6 is 11.3 Å². The molecule has 1 aliphatic carbocycles. The SMILES string of the molecule is Cn1/c(=N/NC(=O)CC2CCCC2)sc2cc(OC(F)(F)F)ccc21. The molecule has 5 nitrogen and oxygen atoms in total. The largest absolute Gasteiger partial charge is 0.573 e. The van der Waals surface area contributed by atoms with Crippen molar-refractivity contribution in [3.8, 4) is 5.75 Å². The zero-order valence-electron chi connectivity index (χ0n) is 13.6. The number of halogens is 3. The summed E-state index contributed by atoms with van der Waals surface area (Å²) >= 11 is 1.18. The van der Waals surface area contributed by atoms with E-state index in [0.717, 1.165) is 12.8 Å². The summed E-state index contributed by atoms with van der Waals surface area (Å²) in [7, 11) is 1.74. The lowest BCUT2D eigenvalue weighted by Gasteiger charge is -2.08. The molecule has 1 heterocycles. The summed E-state index contributed by atoms with van der Waals surface area (Å²) < 4.78 is 43.2. The van der Waals surface area contributed by atoms with E-state index in [1.165, 1.54) is 42.4 Å². The van der Waals surface area contributed by atoms with E-state index in [0.29, 0.717) is 27.4 Å². The fourth-order valence-corrected chi connectivity index (χ4v) is 4.06. The molecule has 0 saturated heterocycles. The Bertz CT molecular complexity index is 835. The van der Waals surface area contributed by atoms with Gasteiger partial charge in [0, 0.05) is 13.5 Å². The molecule has 2 aromatic rings. The van der Waals surface area contributed by atoms with Crippen molar-refractivity contribution in [2.24, 2.45) is 18.1 Å². The number of carbonyl (C=O) groups is 1. The molecule has 1 aliphatic rings. The summed E-state index contributed by atoms with van der Waals surface area (Å²) in [5.41, 5.74) is 3.26. The van der Waals surface area contributed by atoms with Crippen molar-refractivity contribution in [2.75, 3.05) is 0 Å². The van der Waals surface area contributed by atoms with Crippen LogP contribution in [0.2, 0.25) is 0 Å². The molecular weight excluding hydrogens is 355 g/mol. The Balaban J connectivity index is 1.76. The normalized spacial score (nSPS) is 16.6. The number of fused-ring (bicyclic) bond motifs is 1. The maximum atomic E-state index is 12.3. The number of ether oxygens (including phenoxy) is 1. The zero-order valence-corrected chi connectivity index (χ0v) is 14.4. The highest BCUT2D eigenvalue weighted by molar-refractivity contribution is 7.16. The summed E-state index contributed by atoms with van der Waals surface area (Å²) in [5.74, 6) is 0.0116. The van der Waals surface area contributed by atoms with Crippen LogP contribution in [0.15, 0.2) is 23.3 Å². The highest BCUT2D eigenvalue weighted by atomic mass is 32.1. The van der Waals surface area contributed by atoms with Crippen LogP contribution in [0.1, 0.15) is 32.1 Å². The van der Waals surface area contributed by atoms with Crippen LogP contribution in [0.5, 0.6) is 5.75 Å². The van der Waals surface area contributed by atoms with E-state index in [4.69, 9.17) is 0 Å². The minimum absolute atomic E-state index is 0.134. The maximum Gasteiger partial charge on any atom is 0.573 e. The summed E-state index contributed by atoms with van der Waals surface area (Å²) in [6.07, 6.45) is 0.222. The highest BCUT2D eigenvalue weighted by Gasteiger charge is 2.31. The molecular formula is C16H18F3N3O2S. The second kappa shape index (κ2) is 7.07. The van der Waals surface area contributed by atoms with Crippen molar-refractivity contribution in [1.29, 1.82) is 0 Å². The number of aromatic nitrogens is 1. The Morgan fingerprint density at radius 1 is 1.40 bits per heavy atom. The second-order valence-corrected chi connectivity index (χ2v) is 7.13. The summed E-state index contributed by atoms with van der Waals surface area (Å²) in [4.78, 5) is 12.5. The molecule has 0 spiro atoms. The van der Waals surface area contributed by atoms with Gasteiger partial charge in [0.1, 0.15) is 5.75 Å². The van der Waals surface area contributed by atoms with Crippen LogP contribution in [0.4, 0.5) is 13.2 Å². The number of thiazole rings is 1. The second-order valence-electron chi connectivity index (χ2n) is 6.12. The Kier molecular flexibility index (Phi) is 5.03. The van der Waals surface area contributed by atoms with E-state index in [1.807, 2.05) is 0 Å². The molecule has 1 aromatic heterocycles. The molecule has 25 heavy (non-hydrogen) atoms. The lowest BCUT2D eigenvalue weighted by atomic mass is 10.0. The van der Waals surface area contributed by atoms with E-state index >= 15 is 0 Å². The van der Waals surface area contributed by atoms with Gasteiger partial charge in [-0.2, -0.15) is 0 Å². The summed E-state index contributed by atoms with van der Waals surface area (Å²) in [6, 6.07) is 4.10. The first kappa shape index (κ1) is 17.8. The maximum absolute atomic E-state index is 12.3. The lowest BCUT2D eigenvalue weighted by Crippen LogP contribution is -2.24. The van der Waals surface area contributed by atoms with Crippen LogP contribution in [0, 0.1) is 5.92 Å². The third kappa shape index (κ3) is 4.53. The van der Waals surface area contributed by atoms with Crippen LogP contribution < -0.4 is 15.0 Å². The van der Waals surface area contributed by atoms with Crippen molar-refractivity contribution in [3.63, 3.8) is 0 Å². The van der Waals surface area contributed by atoms with E-state index in [9.17, 15) is 18.0 Å². The summed E-state index contributed by atoms with van der Waals surface area (Å²) in [5, 5.41) is 4.11. The van der Waals surface area contributed by atoms with Crippen LogP contribution in [0.25, 0.3) is 10.2 Å². The van der Waals surface area contributed by atoms with E-state index in [2.05, 4.69) is 15.3 Å². The number of hydrogen-bond acceptors (Lipinski definition) is 4. The van der Waals surface area contributed by atoms with Gasteiger partial charge in [0.15, 0.2) is 0 Å². The van der Waals surface area contributed by atoms with E-state index in [-0.39, 0.29) is 11.7 Å². The van der Waals surface area contributed by atoms with Crippen LogP contribution in [-0.4, -0.2) is 16.8 Å². The number of nitrogens with one attached hydrogen (secondary N) is 1. The third-order valence-corrected chi connectivity index (χ3v) is 5.33. The van der Waals surface area contributed by atoms with Gasteiger partial charge in [-0.3, -0.25) is 4.79 Å². The molecule has 0 aliphatic heterocycles. The zero-order chi connectivity index (χ0) is 18.0. The minimum Gasteiger partial charge on any atom is -0.406 e. The Morgan fingerprint density at radius 2 is 2.12 bits per heavy atom. The number of nitrogens with zero attached hydrogens (tertiary/aromatic N) is 2. The first-order valence-corrected chi connectivity index (χ1v) is 8.81. The van der Waals surface area contributed by atoms with E-state index < -0.39 is 6.36 Å². The fourth-order valence-electron chi connectivity index (χ4n) is 3.05. The third-order valence-electron chi connectivity index (χ3n) is 4.24. The molecule has 9 heteroatoms. The van der Waals surface area contributed by atoms with Gasteiger partial charge in [-0.15, -0.1) is 18.3 Å². The number of amides is 1. The van der Waals surface area contributed by atoms with Crippen LogP contribution in [-0.2, 0) is 11.8 Å². The average Bonchev–Trinajstić information content (AvgIpc) is 3.12. The minimum atomic E-state index is -4.73. The number of alkyl halides is 3. The smallest absolute Gasteiger partial charge is 0.406 e. The Labute approximate surface area is 146 Å². The fraction of sp³-hybridized carbons (Fsp3) is 0.500. The number of carbonyl (C=O) groups excluding carboxylic acids is 1. The Morgan fingerprint density at radius 3 is 2.80 bits per heavy atom. The number of hydrogen-bond donors (Lipinski definition) is 1.